The topological polar surface area (TPSA) is 87.2 Å². The van der Waals surface area contributed by atoms with Crippen molar-refractivity contribution in [2.45, 2.75) is 12.8 Å². The van der Waals surface area contributed by atoms with Gasteiger partial charge in [0.2, 0.25) is 0 Å². The highest BCUT2D eigenvalue weighted by atomic mass is 16.2. The van der Waals surface area contributed by atoms with Crippen LogP contribution in [0.25, 0.3) is 10.8 Å². The Morgan fingerprint density at radius 1 is 1.32 bits per heavy atom. The second-order valence-electron chi connectivity index (χ2n) is 5.63. The normalized spacial score (nSPS) is 24.3. The quantitative estimate of drug-likeness (QED) is 0.651. The van der Waals surface area contributed by atoms with Crippen molar-refractivity contribution in [2.24, 2.45) is 16.9 Å². The van der Waals surface area contributed by atoms with E-state index in [4.69, 9.17) is 0 Å². The lowest BCUT2D eigenvalue weighted by molar-refractivity contribution is 0.0950. The van der Waals surface area contributed by atoms with Crippen molar-refractivity contribution >= 4 is 22.4 Å². The molecule has 2 atom stereocenters. The van der Waals surface area contributed by atoms with Crippen LogP contribution >= 0.6 is 0 Å². The Hall–Kier alpha value is -2.76. The van der Waals surface area contributed by atoms with Gasteiger partial charge in [0.1, 0.15) is 0 Å². The lowest BCUT2D eigenvalue weighted by atomic mass is 9.74. The van der Waals surface area contributed by atoms with Crippen LogP contribution in [0, 0.1) is 11.8 Å². The van der Waals surface area contributed by atoms with Crippen molar-refractivity contribution in [3.8, 4) is 0 Å². The van der Waals surface area contributed by atoms with E-state index in [2.05, 4.69) is 32.9 Å². The molecule has 0 spiro atoms. The minimum atomic E-state index is -0.408. The first-order valence-corrected chi connectivity index (χ1v) is 7.25. The van der Waals surface area contributed by atoms with Gasteiger partial charge < -0.3 is 0 Å². The zero-order valence-electron chi connectivity index (χ0n) is 11.7. The van der Waals surface area contributed by atoms with Crippen LogP contribution in [-0.2, 0) is 0 Å². The molecule has 0 unspecified atom stereocenters. The Labute approximate surface area is 125 Å². The minimum Gasteiger partial charge on any atom is -0.267 e. The van der Waals surface area contributed by atoms with E-state index in [-0.39, 0.29) is 11.3 Å². The summed E-state index contributed by atoms with van der Waals surface area (Å²) in [6, 6.07) is 6.90. The molecule has 2 N–H and O–H groups in total. The smallest absolute Gasteiger partial charge is 0.267 e. The summed E-state index contributed by atoms with van der Waals surface area (Å²) in [5.41, 5.74) is 3.46. The number of allylic oxidation sites excluding steroid dienone is 2. The molecule has 0 saturated heterocycles. The van der Waals surface area contributed by atoms with Crippen LogP contribution in [0.1, 0.15) is 23.3 Å². The third-order valence-corrected chi connectivity index (χ3v) is 4.38. The molecule has 1 aromatic heterocycles. The van der Waals surface area contributed by atoms with Crippen LogP contribution < -0.4 is 11.0 Å². The van der Waals surface area contributed by atoms with Crippen LogP contribution in [0.3, 0.4) is 0 Å². The molecular formula is C16H14N4O2. The van der Waals surface area contributed by atoms with E-state index in [0.29, 0.717) is 22.6 Å². The molecule has 0 aliphatic heterocycles. The average Bonchev–Trinajstić information content (AvgIpc) is 2.89. The summed E-state index contributed by atoms with van der Waals surface area (Å²) in [5, 5.41) is 11.4. The number of nitrogens with zero attached hydrogens (tertiary/aromatic N) is 2. The third-order valence-electron chi connectivity index (χ3n) is 4.38. The molecular weight excluding hydrogens is 280 g/mol. The molecule has 4 rings (SSSR count). The maximum atomic E-state index is 12.3. The highest BCUT2D eigenvalue weighted by Crippen LogP contribution is 2.40. The molecule has 6 nitrogen and oxygen atoms in total. The summed E-state index contributed by atoms with van der Waals surface area (Å²) in [4.78, 5) is 24.0. The van der Waals surface area contributed by atoms with Crippen molar-refractivity contribution in [3.05, 3.63) is 52.5 Å². The van der Waals surface area contributed by atoms with Crippen molar-refractivity contribution < 1.29 is 4.79 Å². The first kappa shape index (κ1) is 12.9. The van der Waals surface area contributed by atoms with Gasteiger partial charge in [-0.1, -0.05) is 30.4 Å². The van der Waals surface area contributed by atoms with Gasteiger partial charge in [-0.2, -0.15) is 10.2 Å². The summed E-state index contributed by atoms with van der Waals surface area (Å²) < 4.78 is 0. The number of hydrogen-bond donors (Lipinski definition) is 2. The summed E-state index contributed by atoms with van der Waals surface area (Å²) in [6.45, 7) is 0. The maximum Gasteiger partial charge on any atom is 0.292 e. The van der Waals surface area contributed by atoms with E-state index in [1.807, 2.05) is 0 Å². The average molecular weight is 294 g/mol. The summed E-state index contributed by atoms with van der Waals surface area (Å²) in [6.07, 6.45) is 6.28. The monoisotopic (exact) mass is 294 g/mol. The number of rotatable bonds is 2. The fraction of sp³-hybridized carbons (Fsp3) is 0.250. The lowest BCUT2D eigenvalue weighted by Crippen LogP contribution is -2.35. The van der Waals surface area contributed by atoms with Crippen LogP contribution in [0.5, 0.6) is 0 Å². The molecule has 1 aromatic carbocycles. The van der Waals surface area contributed by atoms with Gasteiger partial charge in [-0.15, -0.1) is 0 Å². The molecule has 22 heavy (non-hydrogen) atoms. The van der Waals surface area contributed by atoms with Gasteiger partial charge >= 0.3 is 0 Å². The van der Waals surface area contributed by atoms with Gasteiger partial charge in [0.15, 0.2) is 5.69 Å². The van der Waals surface area contributed by atoms with Gasteiger partial charge in [-0.3, -0.25) is 9.59 Å². The predicted molar refractivity (Wildman–Crippen MR) is 82.6 cm³/mol. The number of amides is 1. The summed E-state index contributed by atoms with van der Waals surface area (Å²) in [7, 11) is 0. The molecule has 1 amide bonds. The van der Waals surface area contributed by atoms with Crippen molar-refractivity contribution in [1.82, 2.24) is 15.6 Å². The Morgan fingerprint density at radius 3 is 2.95 bits per heavy atom. The van der Waals surface area contributed by atoms with Crippen LogP contribution in [0.2, 0.25) is 0 Å². The van der Waals surface area contributed by atoms with E-state index in [0.717, 1.165) is 18.6 Å². The van der Waals surface area contributed by atoms with Crippen molar-refractivity contribution in [3.63, 3.8) is 0 Å². The fourth-order valence-electron chi connectivity index (χ4n) is 3.13. The number of carbonyl (C=O) groups is 1. The number of carbonyl (C=O) groups excluding carboxylic acids is 1. The van der Waals surface area contributed by atoms with E-state index < -0.39 is 5.91 Å². The van der Waals surface area contributed by atoms with Crippen LogP contribution in [-0.4, -0.2) is 21.8 Å². The summed E-state index contributed by atoms with van der Waals surface area (Å²) in [5.74, 6) is 0.623. The van der Waals surface area contributed by atoms with E-state index >= 15 is 0 Å². The molecule has 0 bridgehead atoms. The zero-order chi connectivity index (χ0) is 15.1. The van der Waals surface area contributed by atoms with E-state index in [9.17, 15) is 9.59 Å². The molecule has 6 heteroatoms. The number of aromatic amines is 1. The van der Waals surface area contributed by atoms with E-state index in [1.54, 1.807) is 24.3 Å². The number of hydrogen-bond acceptors (Lipinski definition) is 4. The third kappa shape index (κ3) is 1.95. The van der Waals surface area contributed by atoms with Crippen molar-refractivity contribution in [2.75, 3.05) is 0 Å². The summed E-state index contributed by atoms with van der Waals surface area (Å²) >= 11 is 0. The molecule has 0 radical (unpaired) electrons. The van der Waals surface area contributed by atoms with Gasteiger partial charge in [0, 0.05) is 17.0 Å². The zero-order valence-corrected chi connectivity index (χ0v) is 11.7. The number of H-pyrrole nitrogens is 1. The number of benzene rings is 1. The first-order chi connectivity index (χ1) is 10.7. The largest absolute Gasteiger partial charge is 0.292 e. The fourth-order valence-corrected chi connectivity index (χ4v) is 3.13. The maximum absolute atomic E-state index is 12.3. The van der Waals surface area contributed by atoms with Crippen molar-refractivity contribution in [1.29, 1.82) is 0 Å². The number of nitrogens with one attached hydrogen (secondary N) is 2. The van der Waals surface area contributed by atoms with Crippen LogP contribution in [0.15, 0.2) is 46.3 Å². The number of hydrazone groups is 1. The van der Waals surface area contributed by atoms with Gasteiger partial charge in [-0.05, 0) is 24.8 Å². The van der Waals surface area contributed by atoms with Gasteiger partial charge in [0.05, 0.1) is 5.39 Å². The lowest BCUT2D eigenvalue weighted by Gasteiger charge is -2.31. The highest BCUT2D eigenvalue weighted by molar-refractivity contribution is 6.05. The minimum absolute atomic E-state index is 0.181. The standard InChI is InChI=1S/C16H14N4O2/c21-15-12-6-2-1-5-11(12)14(18-19-15)16(22)20-17-13-8-9-4-3-7-10(9)13/h1-6,9-10H,7-8H2,(H,19,21)(H,20,22)/b17-13-/t9-,10+/m0/s1. The Bertz CT molecular complexity index is 881. The molecule has 1 saturated carbocycles. The Kier molecular flexibility index (Phi) is 2.89. The first-order valence-electron chi connectivity index (χ1n) is 7.25. The number of aromatic nitrogens is 2. The van der Waals surface area contributed by atoms with E-state index in [1.165, 1.54) is 0 Å². The molecule has 1 fully saturated rings. The van der Waals surface area contributed by atoms with Gasteiger partial charge in [0.25, 0.3) is 11.5 Å². The Morgan fingerprint density at radius 2 is 2.14 bits per heavy atom. The van der Waals surface area contributed by atoms with Gasteiger partial charge in [-0.25, -0.2) is 10.5 Å². The van der Waals surface area contributed by atoms with Crippen LogP contribution in [0.4, 0.5) is 0 Å². The molecule has 2 aliphatic carbocycles. The second-order valence-corrected chi connectivity index (χ2v) is 5.63. The SMILES string of the molecule is O=C(N/N=C1/C[C@@H]2C=CC[C@@H]12)c1n[nH]c(=O)c2ccccc12. The molecule has 1 heterocycles. The number of fused-ring (bicyclic) bond motifs is 2. The highest BCUT2D eigenvalue weighted by Gasteiger charge is 2.38. The molecule has 110 valence electrons. The Balaban J connectivity index is 1.60. The predicted octanol–water partition coefficient (Wildman–Crippen LogP) is 1.60. The molecule has 2 aliphatic rings. The molecule has 2 aromatic rings. The second kappa shape index (κ2) is 4.91.